The molecule has 0 fully saturated rings. The highest BCUT2D eigenvalue weighted by atomic mass is 16.5. The molecule has 0 bridgehead atoms. The normalized spacial score (nSPS) is 11.0. The lowest BCUT2D eigenvalue weighted by Crippen LogP contribution is -2.12. The van der Waals surface area contributed by atoms with Gasteiger partial charge in [-0.1, -0.05) is 23.4 Å². The molecule has 1 heterocycles. The van der Waals surface area contributed by atoms with Gasteiger partial charge in [-0.25, -0.2) is 0 Å². The smallest absolute Gasteiger partial charge is 0.240 e. The summed E-state index contributed by atoms with van der Waals surface area (Å²) >= 11 is 0. The van der Waals surface area contributed by atoms with Gasteiger partial charge in [-0.2, -0.15) is 4.98 Å². The Morgan fingerprint density at radius 2 is 1.90 bits per heavy atom. The summed E-state index contributed by atoms with van der Waals surface area (Å²) < 4.78 is 10.3. The van der Waals surface area contributed by atoms with E-state index in [-0.39, 0.29) is 0 Å². The predicted octanol–water partition coefficient (Wildman–Crippen LogP) is 2.83. The Morgan fingerprint density at radius 1 is 1.10 bits per heavy atom. The SMILES string of the molecule is COc1ccc2cc(CNCc3nc(C)no3)ccc2c1. The van der Waals surface area contributed by atoms with Crippen LogP contribution in [0.15, 0.2) is 40.9 Å². The highest BCUT2D eigenvalue weighted by Crippen LogP contribution is 2.21. The zero-order valence-corrected chi connectivity index (χ0v) is 12.1. The van der Waals surface area contributed by atoms with Crippen LogP contribution in [0.25, 0.3) is 10.8 Å². The molecule has 108 valence electrons. The van der Waals surface area contributed by atoms with E-state index in [0.717, 1.165) is 12.3 Å². The quantitative estimate of drug-likeness (QED) is 0.780. The lowest BCUT2D eigenvalue weighted by Gasteiger charge is -2.06. The van der Waals surface area contributed by atoms with Crippen LogP contribution in [-0.4, -0.2) is 17.3 Å². The Bertz CT molecular complexity index is 752. The molecule has 21 heavy (non-hydrogen) atoms. The molecule has 0 aliphatic heterocycles. The van der Waals surface area contributed by atoms with Crippen molar-refractivity contribution >= 4 is 10.8 Å². The van der Waals surface area contributed by atoms with Gasteiger partial charge in [0.15, 0.2) is 5.82 Å². The summed E-state index contributed by atoms with van der Waals surface area (Å²) in [5.74, 6) is 2.14. The van der Waals surface area contributed by atoms with Crippen molar-refractivity contribution in [3.05, 3.63) is 53.7 Å². The molecule has 0 saturated heterocycles. The highest BCUT2D eigenvalue weighted by molar-refractivity contribution is 5.84. The first-order valence-corrected chi connectivity index (χ1v) is 6.81. The fourth-order valence-corrected chi connectivity index (χ4v) is 2.24. The summed E-state index contributed by atoms with van der Waals surface area (Å²) in [7, 11) is 1.68. The molecule has 0 amide bonds. The van der Waals surface area contributed by atoms with Crippen molar-refractivity contribution in [2.24, 2.45) is 0 Å². The third kappa shape index (κ3) is 3.20. The monoisotopic (exact) mass is 283 g/mol. The molecule has 0 aliphatic carbocycles. The van der Waals surface area contributed by atoms with Gasteiger partial charge in [0.25, 0.3) is 0 Å². The molecular formula is C16H17N3O2. The second-order valence-electron chi connectivity index (χ2n) is 4.89. The van der Waals surface area contributed by atoms with Crippen LogP contribution in [0.2, 0.25) is 0 Å². The van der Waals surface area contributed by atoms with Crippen molar-refractivity contribution in [2.45, 2.75) is 20.0 Å². The zero-order chi connectivity index (χ0) is 14.7. The van der Waals surface area contributed by atoms with Crippen LogP contribution >= 0.6 is 0 Å². The number of nitrogens with one attached hydrogen (secondary N) is 1. The second kappa shape index (κ2) is 5.93. The van der Waals surface area contributed by atoms with Gasteiger partial charge in [0.2, 0.25) is 5.89 Å². The van der Waals surface area contributed by atoms with Gasteiger partial charge in [0, 0.05) is 6.54 Å². The van der Waals surface area contributed by atoms with Gasteiger partial charge in [0.1, 0.15) is 5.75 Å². The van der Waals surface area contributed by atoms with Gasteiger partial charge >= 0.3 is 0 Å². The molecule has 5 nitrogen and oxygen atoms in total. The van der Waals surface area contributed by atoms with E-state index in [1.165, 1.54) is 16.3 Å². The molecule has 3 aromatic rings. The van der Waals surface area contributed by atoms with Crippen molar-refractivity contribution in [1.82, 2.24) is 15.5 Å². The van der Waals surface area contributed by atoms with Crippen molar-refractivity contribution in [2.75, 3.05) is 7.11 Å². The van der Waals surface area contributed by atoms with E-state index in [2.05, 4.69) is 39.7 Å². The first kappa shape index (κ1) is 13.6. The number of methoxy groups -OCH3 is 1. The van der Waals surface area contributed by atoms with E-state index in [1.807, 2.05) is 19.1 Å². The Balaban J connectivity index is 1.67. The minimum absolute atomic E-state index is 0.571. The maximum atomic E-state index is 5.23. The van der Waals surface area contributed by atoms with Gasteiger partial charge in [0.05, 0.1) is 13.7 Å². The average molecular weight is 283 g/mol. The Labute approximate surface area is 122 Å². The molecule has 1 aromatic heterocycles. The van der Waals surface area contributed by atoms with Crippen LogP contribution in [0.5, 0.6) is 5.75 Å². The summed E-state index contributed by atoms with van der Waals surface area (Å²) in [5, 5.41) is 9.43. The van der Waals surface area contributed by atoms with E-state index < -0.39 is 0 Å². The summed E-state index contributed by atoms with van der Waals surface area (Å²) in [5.41, 5.74) is 1.21. The van der Waals surface area contributed by atoms with E-state index >= 15 is 0 Å². The molecule has 0 spiro atoms. The number of nitrogens with zero attached hydrogens (tertiary/aromatic N) is 2. The second-order valence-corrected chi connectivity index (χ2v) is 4.89. The maximum Gasteiger partial charge on any atom is 0.240 e. The van der Waals surface area contributed by atoms with Gasteiger partial charge in [-0.15, -0.1) is 0 Å². The lowest BCUT2D eigenvalue weighted by molar-refractivity contribution is 0.364. The number of fused-ring (bicyclic) bond motifs is 1. The van der Waals surface area contributed by atoms with E-state index in [0.29, 0.717) is 18.3 Å². The van der Waals surface area contributed by atoms with Crippen molar-refractivity contribution in [3.63, 3.8) is 0 Å². The zero-order valence-electron chi connectivity index (χ0n) is 12.1. The largest absolute Gasteiger partial charge is 0.497 e. The van der Waals surface area contributed by atoms with Crippen molar-refractivity contribution < 1.29 is 9.26 Å². The number of ether oxygens (including phenoxy) is 1. The number of benzene rings is 2. The minimum atomic E-state index is 0.571. The minimum Gasteiger partial charge on any atom is -0.497 e. The number of hydrogen-bond acceptors (Lipinski definition) is 5. The topological polar surface area (TPSA) is 60.2 Å². The third-order valence-electron chi connectivity index (χ3n) is 3.29. The van der Waals surface area contributed by atoms with E-state index in [4.69, 9.17) is 9.26 Å². The maximum absolute atomic E-state index is 5.23. The van der Waals surface area contributed by atoms with Crippen LogP contribution in [0.1, 0.15) is 17.3 Å². The summed E-state index contributed by atoms with van der Waals surface area (Å²) in [6, 6.07) is 12.5. The summed E-state index contributed by atoms with van der Waals surface area (Å²) in [6.07, 6.45) is 0. The molecule has 1 N–H and O–H groups in total. The fourth-order valence-electron chi connectivity index (χ4n) is 2.24. The highest BCUT2D eigenvalue weighted by Gasteiger charge is 2.03. The van der Waals surface area contributed by atoms with Crippen LogP contribution in [0.3, 0.4) is 0 Å². The van der Waals surface area contributed by atoms with Gasteiger partial charge in [-0.3, -0.25) is 0 Å². The summed E-state index contributed by atoms with van der Waals surface area (Å²) in [4.78, 5) is 4.16. The van der Waals surface area contributed by atoms with Crippen LogP contribution in [0, 0.1) is 6.92 Å². The number of rotatable bonds is 5. The van der Waals surface area contributed by atoms with Crippen LogP contribution < -0.4 is 10.1 Å². The Morgan fingerprint density at radius 3 is 2.67 bits per heavy atom. The average Bonchev–Trinajstić information content (AvgIpc) is 2.92. The first-order valence-electron chi connectivity index (χ1n) is 6.81. The van der Waals surface area contributed by atoms with Crippen molar-refractivity contribution in [1.29, 1.82) is 0 Å². The predicted molar refractivity (Wildman–Crippen MR) is 80.1 cm³/mol. The molecule has 5 heteroatoms. The standard InChI is InChI=1S/C16H17N3O2/c1-11-18-16(21-19-11)10-17-9-12-3-4-14-8-15(20-2)6-5-13(14)7-12/h3-8,17H,9-10H2,1-2H3. The third-order valence-corrected chi connectivity index (χ3v) is 3.29. The van der Waals surface area contributed by atoms with E-state index in [1.54, 1.807) is 7.11 Å². The first-order chi connectivity index (χ1) is 10.2. The molecule has 3 rings (SSSR count). The van der Waals surface area contributed by atoms with Gasteiger partial charge < -0.3 is 14.6 Å². The van der Waals surface area contributed by atoms with Crippen LogP contribution in [0.4, 0.5) is 0 Å². The number of hydrogen-bond donors (Lipinski definition) is 1. The number of aryl methyl sites for hydroxylation is 1. The molecule has 0 saturated carbocycles. The lowest BCUT2D eigenvalue weighted by atomic mass is 10.1. The number of aromatic nitrogens is 2. The van der Waals surface area contributed by atoms with Gasteiger partial charge in [-0.05, 0) is 41.5 Å². The molecule has 0 unspecified atom stereocenters. The molecule has 0 aliphatic rings. The molecule has 0 atom stereocenters. The molecule has 0 radical (unpaired) electrons. The molecular weight excluding hydrogens is 266 g/mol. The fraction of sp³-hybridized carbons (Fsp3) is 0.250. The Hall–Kier alpha value is -2.40. The molecule has 2 aromatic carbocycles. The van der Waals surface area contributed by atoms with Crippen molar-refractivity contribution in [3.8, 4) is 5.75 Å². The van der Waals surface area contributed by atoms with Crippen LogP contribution in [-0.2, 0) is 13.1 Å². The summed E-state index contributed by atoms with van der Waals surface area (Å²) in [6.45, 7) is 3.13. The Kier molecular flexibility index (Phi) is 3.83. The van der Waals surface area contributed by atoms with E-state index in [9.17, 15) is 0 Å².